The minimum Gasteiger partial charge on any atom is -0.277 e. The quantitative estimate of drug-likeness (QED) is 0.801. The third-order valence-electron chi connectivity index (χ3n) is 2.52. The molecule has 0 aliphatic rings. The van der Waals surface area contributed by atoms with Crippen LogP contribution in [0.4, 0.5) is 0 Å². The molecule has 0 unspecified atom stereocenters. The van der Waals surface area contributed by atoms with Gasteiger partial charge in [-0.25, -0.2) is 0 Å². The van der Waals surface area contributed by atoms with Gasteiger partial charge in [-0.2, -0.15) is 5.10 Å². The van der Waals surface area contributed by atoms with E-state index in [0.717, 1.165) is 5.69 Å². The summed E-state index contributed by atoms with van der Waals surface area (Å²) in [7, 11) is 0. The lowest BCUT2D eigenvalue weighted by molar-refractivity contribution is 1.09. The number of nitrogens with zero attached hydrogens (tertiary/aromatic N) is 1. The Bertz CT molecular complexity index is 477. The van der Waals surface area contributed by atoms with E-state index in [0.29, 0.717) is 0 Å². The van der Waals surface area contributed by atoms with Crippen LogP contribution in [0, 0.1) is 24.3 Å². The summed E-state index contributed by atoms with van der Waals surface area (Å²) in [5.41, 5.74) is 6.32. The van der Waals surface area contributed by atoms with Crippen molar-refractivity contribution in [3.8, 4) is 11.3 Å². The molecule has 2 rings (SSSR count). The molecule has 1 N–H and O–H groups in total. The van der Waals surface area contributed by atoms with Crippen LogP contribution in [-0.2, 0) is 0 Å². The lowest BCUT2D eigenvalue weighted by atomic mass is 9.98. The maximum atomic E-state index is 4.07. The molecule has 0 aliphatic carbocycles. The Morgan fingerprint density at radius 2 is 1.73 bits per heavy atom. The summed E-state index contributed by atoms with van der Waals surface area (Å²) >= 11 is 2.31. The summed E-state index contributed by atoms with van der Waals surface area (Å²) < 4.78 is 1.17. The van der Waals surface area contributed by atoms with E-state index in [9.17, 15) is 0 Å². The molecule has 0 spiro atoms. The summed E-state index contributed by atoms with van der Waals surface area (Å²) in [4.78, 5) is 0. The van der Waals surface area contributed by atoms with Crippen molar-refractivity contribution in [2.24, 2.45) is 0 Å². The molecule has 1 heterocycles. The number of nitrogens with one attached hydrogen (secondary N) is 1. The maximum absolute atomic E-state index is 4.07. The van der Waals surface area contributed by atoms with Gasteiger partial charge in [-0.15, -0.1) is 0 Å². The maximum Gasteiger partial charge on any atom is 0.0789 e. The lowest BCUT2D eigenvalue weighted by Crippen LogP contribution is -1.91. The minimum atomic E-state index is 1.13. The van der Waals surface area contributed by atoms with Gasteiger partial charge in [0.1, 0.15) is 0 Å². The number of H-pyrrole nitrogens is 1. The molecular formula is C12H13IN2. The van der Waals surface area contributed by atoms with Crippen LogP contribution >= 0.6 is 22.6 Å². The zero-order chi connectivity index (χ0) is 11.0. The molecule has 0 atom stereocenters. The van der Waals surface area contributed by atoms with E-state index in [1.807, 2.05) is 6.20 Å². The number of hydrogen-bond acceptors (Lipinski definition) is 1. The average molecular weight is 312 g/mol. The van der Waals surface area contributed by atoms with Crippen molar-refractivity contribution in [3.63, 3.8) is 0 Å². The van der Waals surface area contributed by atoms with Gasteiger partial charge < -0.3 is 0 Å². The van der Waals surface area contributed by atoms with Gasteiger partial charge in [-0.05, 0) is 54.5 Å². The third-order valence-corrected chi connectivity index (χ3v) is 3.34. The lowest BCUT2D eigenvalue weighted by Gasteiger charge is -2.09. The van der Waals surface area contributed by atoms with E-state index in [2.05, 4.69) is 65.7 Å². The highest BCUT2D eigenvalue weighted by Gasteiger charge is 2.11. The van der Waals surface area contributed by atoms with E-state index in [4.69, 9.17) is 0 Å². The molecule has 0 amide bonds. The molecule has 15 heavy (non-hydrogen) atoms. The fourth-order valence-corrected chi connectivity index (χ4v) is 2.55. The number of benzene rings is 1. The molecule has 0 saturated carbocycles. The van der Waals surface area contributed by atoms with Crippen molar-refractivity contribution < 1.29 is 0 Å². The SMILES string of the molecule is Cc1cc(C)c(-c2[nH]ncc2I)c(C)c1. The first-order chi connectivity index (χ1) is 7.09. The summed E-state index contributed by atoms with van der Waals surface area (Å²) in [6.45, 7) is 6.42. The largest absolute Gasteiger partial charge is 0.277 e. The molecule has 2 aromatic rings. The topological polar surface area (TPSA) is 28.7 Å². The number of aromatic nitrogens is 2. The number of hydrogen-bond donors (Lipinski definition) is 1. The van der Waals surface area contributed by atoms with E-state index in [1.165, 1.54) is 25.8 Å². The fourth-order valence-electron chi connectivity index (χ4n) is 2.02. The summed E-state index contributed by atoms with van der Waals surface area (Å²) in [6.07, 6.45) is 1.86. The smallest absolute Gasteiger partial charge is 0.0789 e. The molecule has 0 fully saturated rings. The number of aryl methyl sites for hydroxylation is 3. The fraction of sp³-hybridized carbons (Fsp3) is 0.250. The monoisotopic (exact) mass is 312 g/mol. The summed E-state index contributed by atoms with van der Waals surface area (Å²) in [5, 5.41) is 7.14. The first-order valence-corrected chi connectivity index (χ1v) is 5.94. The molecule has 1 aromatic heterocycles. The highest BCUT2D eigenvalue weighted by atomic mass is 127. The Morgan fingerprint density at radius 1 is 1.13 bits per heavy atom. The number of rotatable bonds is 1. The Labute approximate surface area is 103 Å². The first-order valence-electron chi connectivity index (χ1n) is 4.86. The van der Waals surface area contributed by atoms with Crippen LogP contribution in [-0.4, -0.2) is 10.2 Å². The molecule has 0 aliphatic heterocycles. The predicted octanol–water partition coefficient (Wildman–Crippen LogP) is 3.61. The minimum absolute atomic E-state index is 1.13. The van der Waals surface area contributed by atoms with Crippen molar-refractivity contribution in [2.75, 3.05) is 0 Å². The molecule has 1 aromatic carbocycles. The molecule has 2 nitrogen and oxygen atoms in total. The van der Waals surface area contributed by atoms with Gasteiger partial charge in [0, 0.05) is 5.56 Å². The van der Waals surface area contributed by atoms with Crippen molar-refractivity contribution in [2.45, 2.75) is 20.8 Å². The third kappa shape index (κ3) is 1.93. The van der Waals surface area contributed by atoms with Crippen molar-refractivity contribution in [1.29, 1.82) is 0 Å². The zero-order valence-corrected chi connectivity index (χ0v) is 11.2. The normalized spacial score (nSPS) is 10.7. The standard InChI is InChI=1S/C12H13IN2/c1-7-4-8(2)11(9(3)5-7)12-10(13)6-14-15-12/h4-6H,1-3H3,(H,14,15). The molecular weight excluding hydrogens is 299 g/mol. The van der Waals surface area contributed by atoms with Crippen LogP contribution in [0.3, 0.4) is 0 Å². The molecule has 0 saturated heterocycles. The van der Waals surface area contributed by atoms with E-state index in [1.54, 1.807) is 0 Å². The Hall–Kier alpha value is -0.840. The molecule has 0 radical (unpaired) electrons. The van der Waals surface area contributed by atoms with Crippen molar-refractivity contribution in [1.82, 2.24) is 10.2 Å². The van der Waals surface area contributed by atoms with Crippen molar-refractivity contribution >= 4 is 22.6 Å². The van der Waals surface area contributed by atoms with Gasteiger partial charge in [-0.3, -0.25) is 5.10 Å². The van der Waals surface area contributed by atoms with Crippen LogP contribution in [0.15, 0.2) is 18.3 Å². The van der Waals surface area contributed by atoms with Crippen LogP contribution in [0.25, 0.3) is 11.3 Å². The van der Waals surface area contributed by atoms with E-state index in [-0.39, 0.29) is 0 Å². The van der Waals surface area contributed by atoms with E-state index >= 15 is 0 Å². The second-order valence-corrected chi connectivity index (χ2v) is 5.03. The van der Waals surface area contributed by atoms with Gasteiger partial charge in [-0.1, -0.05) is 17.7 Å². The first kappa shape index (κ1) is 10.7. The van der Waals surface area contributed by atoms with Gasteiger partial charge in [0.15, 0.2) is 0 Å². The van der Waals surface area contributed by atoms with Gasteiger partial charge in [0.2, 0.25) is 0 Å². The second kappa shape index (κ2) is 3.96. The number of aromatic amines is 1. The van der Waals surface area contributed by atoms with Gasteiger partial charge >= 0.3 is 0 Å². The molecule has 0 bridgehead atoms. The second-order valence-electron chi connectivity index (χ2n) is 3.87. The van der Waals surface area contributed by atoms with E-state index < -0.39 is 0 Å². The van der Waals surface area contributed by atoms with Gasteiger partial charge in [0.05, 0.1) is 15.5 Å². The molecule has 78 valence electrons. The van der Waals surface area contributed by atoms with Crippen molar-refractivity contribution in [3.05, 3.63) is 38.6 Å². The Balaban J connectivity index is 2.68. The highest BCUT2D eigenvalue weighted by molar-refractivity contribution is 14.1. The molecule has 3 heteroatoms. The summed E-state index contributed by atoms with van der Waals surface area (Å²) in [6, 6.07) is 4.42. The summed E-state index contributed by atoms with van der Waals surface area (Å²) in [5.74, 6) is 0. The van der Waals surface area contributed by atoms with Crippen LogP contribution in [0.1, 0.15) is 16.7 Å². The zero-order valence-electron chi connectivity index (χ0n) is 9.06. The average Bonchev–Trinajstić information content (AvgIpc) is 2.50. The predicted molar refractivity (Wildman–Crippen MR) is 71.0 cm³/mol. The van der Waals surface area contributed by atoms with Crippen LogP contribution < -0.4 is 0 Å². The van der Waals surface area contributed by atoms with Crippen LogP contribution in [0.2, 0.25) is 0 Å². The number of halogens is 1. The Morgan fingerprint density at radius 3 is 2.20 bits per heavy atom. The van der Waals surface area contributed by atoms with Gasteiger partial charge in [0.25, 0.3) is 0 Å². The highest BCUT2D eigenvalue weighted by Crippen LogP contribution is 2.29. The van der Waals surface area contributed by atoms with Crippen LogP contribution in [0.5, 0.6) is 0 Å². The Kier molecular flexibility index (Phi) is 2.82.